The van der Waals surface area contributed by atoms with Gasteiger partial charge in [0.15, 0.2) is 5.78 Å². The molecule has 0 unspecified atom stereocenters. The predicted octanol–water partition coefficient (Wildman–Crippen LogP) is 3.23. The van der Waals surface area contributed by atoms with Gasteiger partial charge in [-0.2, -0.15) is 0 Å². The van der Waals surface area contributed by atoms with E-state index in [1.807, 2.05) is 13.8 Å². The molecule has 0 aliphatic heterocycles. The Morgan fingerprint density at radius 1 is 1.10 bits per heavy atom. The summed E-state index contributed by atoms with van der Waals surface area (Å²) in [5.41, 5.74) is 2.61. The van der Waals surface area contributed by atoms with E-state index in [0.717, 1.165) is 16.9 Å². The second-order valence-electron chi connectivity index (χ2n) is 4.65. The van der Waals surface area contributed by atoms with Gasteiger partial charge in [-0.15, -0.1) is 0 Å². The van der Waals surface area contributed by atoms with Crippen molar-refractivity contribution < 1.29 is 19.1 Å². The largest absolute Gasteiger partial charge is 0.496 e. The normalized spacial score (nSPS) is 10.2. The SMILES string of the molecule is CCOC(=O)CCCC(=O)c1ccc(OC)c(C)c1C. The van der Waals surface area contributed by atoms with E-state index >= 15 is 0 Å². The molecule has 4 nitrogen and oxygen atoms in total. The van der Waals surface area contributed by atoms with Crippen LogP contribution in [0.15, 0.2) is 12.1 Å². The molecule has 20 heavy (non-hydrogen) atoms. The Balaban J connectivity index is 2.65. The summed E-state index contributed by atoms with van der Waals surface area (Å²) >= 11 is 0. The number of rotatable bonds is 7. The van der Waals surface area contributed by atoms with Gasteiger partial charge in [0.2, 0.25) is 0 Å². The number of ketones is 1. The maximum absolute atomic E-state index is 12.2. The molecule has 0 atom stereocenters. The number of carbonyl (C=O) groups excluding carboxylic acids is 2. The fourth-order valence-electron chi connectivity index (χ4n) is 2.08. The van der Waals surface area contributed by atoms with E-state index in [9.17, 15) is 9.59 Å². The zero-order chi connectivity index (χ0) is 15.1. The lowest BCUT2D eigenvalue weighted by Crippen LogP contribution is -2.07. The van der Waals surface area contributed by atoms with Gasteiger partial charge in [0.25, 0.3) is 0 Å². The molecule has 0 fully saturated rings. The summed E-state index contributed by atoms with van der Waals surface area (Å²) in [5, 5.41) is 0. The monoisotopic (exact) mass is 278 g/mol. The summed E-state index contributed by atoms with van der Waals surface area (Å²) in [7, 11) is 1.61. The van der Waals surface area contributed by atoms with E-state index in [2.05, 4.69) is 0 Å². The van der Waals surface area contributed by atoms with Gasteiger partial charge >= 0.3 is 5.97 Å². The van der Waals surface area contributed by atoms with Gasteiger partial charge in [0.05, 0.1) is 13.7 Å². The molecule has 0 bridgehead atoms. The van der Waals surface area contributed by atoms with Gasteiger partial charge in [0.1, 0.15) is 5.75 Å². The fraction of sp³-hybridized carbons (Fsp3) is 0.500. The van der Waals surface area contributed by atoms with Gasteiger partial charge in [-0.05, 0) is 50.5 Å². The first-order valence-corrected chi connectivity index (χ1v) is 6.84. The molecule has 1 aromatic carbocycles. The summed E-state index contributed by atoms with van der Waals surface area (Å²) in [4.78, 5) is 23.4. The van der Waals surface area contributed by atoms with Crippen LogP contribution in [-0.2, 0) is 9.53 Å². The van der Waals surface area contributed by atoms with Crippen LogP contribution in [0.3, 0.4) is 0 Å². The molecule has 0 aliphatic carbocycles. The molecule has 0 radical (unpaired) electrons. The number of esters is 1. The van der Waals surface area contributed by atoms with Crippen LogP contribution in [0.4, 0.5) is 0 Å². The van der Waals surface area contributed by atoms with E-state index in [1.165, 1.54) is 0 Å². The van der Waals surface area contributed by atoms with Crippen molar-refractivity contribution >= 4 is 11.8 Å². The van der Waals surface area contributed by atoms with Gasteiger partial charge in [0, 0.05) is 18.4 Å². The molecule has 0 saturated heterocycles. The molecule has 0 aromatic heterocycles. The lowest BCUT2D eigenvalue weighted by molar-refractivity contribution is -0.143. The number of hydrogen-bond donors (Lipinski definition) is 0. The number of carbonyl (C=O) groups is 2. The third-order valence-corrected chi connectivity index (χ3v) is 3.35. The standard InChI is InChI=1S/C16H22O4/c1-5-20-16(18)8-6-7-14(17)13-9-10-15(19-4)12(3)11(13)2/h9-10H,5-8H2,1-4H3. The Labute approximate surface area is 120 Å². The lowest BCUT2D eigenvalue weighted by Gasteiger charge is -2.11. The molecular formula is C16H22O4. The predicted molar refractivity (Wildman–Crippen MR) is 77.3 cm³/mol. The summed E-state index contributed by atoms with van der Waals surface area (Å²) in [5.74, 6) is 0.589. The van der Waals surface area contributed by atoms with Crippen molar-refractivity contribution in [3.8, 4) is 5.75 Å². The third kappa shape index (κ3) is 4.08. The quantitative estimate of drug-likeness (QED) is 0.567. The van der Waals surface area contributed by atoms with Crippen molar-refractivity contribution in [2.24, 2.45) is 0 Å². The van der Waals surface area contributed by atoms with Crippen LogP contribution in [0.2, 0.25) is 0 Å². The van der Waals surface area contributed by atoms with E-state index in [4.69, 9.17) is 9.47 Å². The highest BCUT2D eigenvalue weighted by Crippen LogP contribution is 2.25. The van der Waals surface area contributed by atoms with E-state index in [0.29, 0.717) is 25.0 Å². The minimum Gasteiger partial charge on any atom is -0.496 e. The zero-order valence-electron chi connectivity index (χ0n) is 12.6. The molecule has 0 amide bonds. The second kappa shape index (κ2) is 7.68. The van der Waals surface area contributed by atoms with Crippen molar-refractivity contribution in [2.45, 2.75) is 40.0 Å². The molecule has 4 heteroatoms. The number of methoxy groups -OCH3 is 1. The van der Waals surface area contributed by atoms with E-state index < -0.39 is 0 Å². The molecule has 110 valence electrons. The molecule has 0 saturated carbocycles. The van der Waals surface area contributed by atoms with Crippen LogP contribution >= 0.6 is 0 Å². The van der Waals surface area contributed by atoms with Crippen LogP contribution in [-0.4, -0.2) is 25.5 Å². The highest BCUT2D eigenvalue weighted by molar-refractivity contribution is 5.98. The van der Waals surface area contributed by atoms with Crippen LogP contribution < -0.4 is 4.74 Å². The van der Waals surface area contributed by atoms with Crippen molar-refractivity contribution in [1.29, 1.82) is 0 Å². The lowest BCUT2D eigenvalue weighted by atomic mass is 9.97. The minimum atomic E-state index is -0.247. The molecule has 0 spiro atoms. The second-order valence-corrected chi connectivity index (χ2v) is 4.65. The van der Waals surface area contributed by atoms with Gasteiger partial charge in [-0.1, -0.05) is 0 Å². The number of benzene rings is 1. The Kier molecular flexibility index (Phi) is 6.22. The Morgan fingerprint density at radius 2 is 1.80 bits per heavy atom. The zero-order valence-corrected chi connectivity index (χ0v) is 12.6. The highest BCUT2D eigenvalue weighted by atomic mass is 16.5. The number of ether oxygens (including phenoxy) is 2. The Hall–Kier alpha value is -1.84. The van der Waals surface area contributed by atoms with E-state index in [-0.39, 0.29) is 18.2 Å². The third-order valence-electron chi connectivity index (χ3n) is 3.35. The first-order chi connectivity index (χ1) is 9.51. The average molecular weight is 278 g/mol. The van der Waals surface area contributed by atoms with Crippen molar-refractivity contribution in [2.75, 3.05) is 13.7 Å². The van der Waals surface area contributed by atoms with Gasteiger partial charge in [-0.3, -0.25) is 9.59 Å². The van der Waals surface area contributed by atoms with Crippen LogP contribution in [0.5, 0.6) is 5.75 Å². The van der Waals surface area contributed by atoms with Crippen molar-refractivity contribution in [1.82, 2.24) is 0 Å². The first-order valence-electron chi connectivity index (χ1n) is 6.84. The van der Waals surface area contributed by atoms with Crippen molar-refractivity contribution in [3.63, 3.8) is 0 Å². The first kappa shape index (κ1) is 16.2. The van der Waals surface area contributed by atoms with Crippen LogP contribution in [0.1, 0.15) is 47.7 Å². The smallest absolute Gasteiger partial charge is 0.305 e. The molecule has 1 aromatic rings. The van der Waals surface area contributed by atoms with Gasteiger partial charge in [-0.25, -0.2) is 0 Å². The molecule has 0 N–H and O–H groups in total. The van der Waals surface area contributed by atoms with E-state index in [1.54, 1.807) is 26.2 Å². The Bertz CT molecular complexity index is 491. The average Bonchev–Trinajstić information content (AvgIpc) is 2.42. The topological polar surface area (TPSA) is 52.6 Å². The van der Waals surface area contributed by atoms with Crippen LogP contribution in [0, 0.1) is 13.8 Å². The van der Waals surface area contributed by atoms with Crippen molar-refractivity contribution in [3.05, 3.63) is 28.8 Å². The molecular weight excluding hydrogens is 256 g/mol. The number of hydrogen-bond acceptors (Lipinski definition) is 4. The molecule has 1 rings (SSSR count). The maximum atomic E-state index is 12.2. The molecule has 0 heterocycles. The maximum Gasteiger partial charge on any atom is 0.305 e. The fourth-order valence-corrected chi connectivity index (χ4v) is 2.08. The van der Waals surface area contributed by atoms with Gasteiger partial charge < -0.3 is 9.47 Å². The summed E-state index contributed by atoms with van der Waals surface area (Å²) in [6.07, 6.45) is 1.15. The summed E-state index contributed by atoms with van der Waals surface area (Å²) in [6.45, 7) is 6.00. The number of Topliss-reactive ketones (excluding diaryl/α,β-unsaturated/α-hetero) is 1. The van der Waals surface area contributed by atoms with Crippen LogP contribution in [0.25, 0.3) is 0 Å². The summed E-state index contributed by atoms with van der Waals surface area (Å²) < 4.78 is 10.1. The molecule has 0 aliphatic rings. The summed E-state index contributed by atoms with van der Waals surface area (Å²) in [6, 6.07) is 3.59. The highest BCUT2D eigenvalue weighted by Gasteiger charge is 2.13. The Morgan fingerprint density at radius 3 is 2.40 bits per heavy atom. The minimum absolute atomic E-state index is 0.0533.